The number of hydrogen-bond acceptors (Lipinski definition) is 10. The number of thiazole rings is 1. The van der Waals surface area contributed by atoms with Crippen LogP contribution in [0.25, 0.3) is 0 Å². The molecule has 3 unspecified atom stereocenters. The van der Waals surface area contributed by atoms with E-state index in [-0.39, 0.29) is 31.3 Å². The molecule has 0 radical (unpaired) electrons. The van der Waals surface area contributed by atoms with Gasteiger partial charge in [0.1, 0.15) is 12.4 Å². The van der Waals surface area contributed by atoms with Crippen LogP contribution in [0.1, 0.15) is 30.0 Å². The number of benzene rings is 1. The maximum Gasteiger partial charge on any atom is 0.338 e. The lowest BCUT2D eigenvalue weighted by Gasteiger charge is -2.37. The zero-order valence-corrected chi connectivity index (χ0v) is 22.8. The average Bonchev–Trinajstić information content (AvgIpc) is 3.47. The normalized spacial score (nSPS) is 25.2. The summed E-state index contributed by atoms with van der Waals surface area (Å²) in [5.41, 5.74) is 1.45. The van der Waals surface area contributed by atoms with Gasteiger partial charge in [-0.2, -0.15) is 0 Å². The van der Waals surface area contributed by atoms with Gasteiger partial charge in [0.05, 0.1) is 49.3 Å². The minimum atomic E-state index is -1.03. The van der Waals surface area contributed by atoms with Crippen LogP contribution in [0.5, 0.6) is 0 Å². The SMILES string of the molecule is CCOC(=O)C1=C(CN2C3COCC2C(OCC(=O)O)C3)N=C(c2nccs2)N[C@H]1c1ccc(F)cc1Br. The molecule has 3 aliphatic rings. The van der Waals surface area contributed by atoms with Gasteiger partial charge >= 0.3 is 11.9 Å². The zero-order valence-electron chi connectivity index (χ0n) is 20.4. The Morgan fingerprint density at radius 1 is 1.37 bits per heavy atom. The first-order valence-electron chi connectivity index (χ1n) is 12.1. The Morgan fingerprint density at radius 3 is 2.92 bits per heavy atom. The Kier molecular flexibility index (Phi) is 8.19. The fourth-order valence-electron chi connectivity index (χ4n) is 5.10. The molecule has 10 nitrogen and oxygen atoms in total. The van der Waals surface area contributed by atoms with Crippen LogP contribution < -0.4 is 5.32 Å². The molecular weight excluding hydrogens is 583 g/mol. The number of carboxylic acids is 1. The second-order valence-corrected chi connectivity index (χ2v) is 10.8. The van der Waals surface area contributed by atoms with E-state index in [4.69, 9.17) is 24.3 Å². The van der Waals surface area contributed by atoms with Crippen molar-refractivity contribution in [3.05, 3.63) is 61.9 Å². The van der Waals surface area contributed by atoms with E-state index >= 15 is 0 Å². The Labute approximate surface area is 230 Å². The van der Waals surface area contributed by atoms with Gasteiger partial charge in [0.2, 0.25) is 0 Å². The summed E-state index contributed by atoms with van der Waals surface area (Å²) in [6.07, 6.45) is 1.95. The number of esters is 1. The molecule has 1 aromatic heterocycles. The summed E-state index contributed by atoms with van der Waals surface area (Å²) in [5, 5.41) is 14.9. The van der Waals surface area contributed by atoms with Gasteiger partial charge in [-0.05, 0) is 31.0 Å². The Balaban J connectivity index is 1.57. The molecule has 0 aliphatic carbocycles. The number of carbonyl (C=O) groups is 2. The standard InChI is InChI=1S/C25H26BrFN4O6S/c1-2-36-25(34)21-17(9-31-14-8-19(37-12-20(32)33)18(31)11-35-10-14)29-23(24-28-5-6-38-24)30-22(21)15-4-3-13(27)7-16(15)26/h3-7,14,18-19,22H,2,8-12H2,1H3,(H,29,30)(H,32,33)/t14?,18?,19?,22-/m0/s1. The van der Waals surface area contributed by atoms with E-state index in [0.29, 0.717) is 51.8 Å². The molecule has 2 bridgehead atoms. The quantitative estimate of drug-likeness (QED) is 0.414. The number of carboxylic acid groups (broad SMARTS) is 1. The summed E-state index contributed by atoms with van der Waals surface area (Å²) in [5.74, 6) is -1.49. The molecule has 2 saturated heterocycles. The number of halogens is 2. The monoisotopic (exact) mass is 608 g/mol. The van der Waals surface area contributed by atoms with Gasteiger partial charge in [-0.15, -0.1) is 11.3 Å². The van der Waals surface area contributed by atoms with Crippen LogP contribution in [0.4, 0.5) is 4.39 Å². The number of ether oxygens (including phenoxy) is 3. The summed E-state index contributed by atoms with van der Waals surface area (Å²) in [6, 6.07) is 3.38. The molecule has 4 heterocycles. The highest BCUT2D eigenvalue weighted by Crippen LogP contribution is 2.38. The van der Waals surface area contributed by atoms with E-state index in [2.05, 4.69) is 31.1 Å². The van der Waals surface area contributed by atoms with E-state index in [1.807, 2.05) is 5.38 Å². The molecule has 0 saturated carbocycles. The summed E-state index contributed by atoms with van der Waals surface area (Å²) >= 11 is 4.85. The maximum absolute atomic E-state index is 14.0. The number of aliphatic carboxylic acids is 1. The van der Waals surface area contributed by atoms with Gasteiger partial charge in [-0.1, -0.05) is 22.0 Å². The van der Waals surface area contributed by atoms with Crippen molar-refractivity contribution in [1.29, 1.82) is 0 Å². The van der Waals surface area contributed by atoms with Crippen LogP contribution in [0.2, 0.25) is 0 Å². The first-order valence-corrected chi connectivity index (χ1v) is 13.8. The lowest BCUT2D eigenvalue weighted by atomic mass is 9.94. The third-order valence-electron chi connectivity index (χ3n) is 6.71. The fraction of sp³-hybridized carbons (Fsp3) is 0.440. The molecule has 13 heteroatoms. The molecule has 38 heavy (non-hydrogen) atoms. The Morgan fingerprint density at radius 2 is 2.21 bits per heavy atom. The highest BCUT2D eigenvalue weighted by molar-refractivity contribution is 9.10. The van der Waals surface area contributed by atoms with Crippen molar-refractivity contribution in [2.45, 2.75) is 37.6 Å². The number of amidine groups is 1. The molecule has 2 N–H and O–H groups in total. The van der Waals surface area contributed by atoms with E-state index in [0.717, 1.165) is 0 Å². The number of aliphatic imine (C=N–C) groups is 1. The summed E-state index contributed by atoms with van der Waals surface area (Å²) < 4.78 is 31.3. The number of morpholine rings is 1. The summed E-state index contributed by atoms with van der Waals surface area (Å²) in [4.78, 5) is 35.9. The van der Waals surface area contributed by atoms with Crippen molar-refractivity contribution < 1.29 is 33.3 Å². The summed E-state index contributed by atoms with van der Waals surface area (Å²) in [7, 11) is 0. The molecule has 0 amide bonds. The van der Waals surface area contributed by atoms with Crippen LogP contribution in [0.15, 0.2) is 50.5 Å². The summed E-state index contributed by atoms with van der Waals surface area (Å²) in [6.45, 7) is 2.62. The lowest BCUT2D eigenvalue weighted by Crippen LogP contribution is -2.50. The van der Waals surface area contributed by atoms with Crippen LogP contribution in [0.3, 0.4) is 0 Å². The van der Waals surface area contributed by atoms with Crippen molar-refractivity contribution in [2.24, 2.45) is 4.99 Å². The number of rotatable bonds is 9. The predicted octanol–water partition coefficient (Wildman–Crippen LogP) is 2.90. The van der Waals surface area contributed by atoms with Gasteiger partial charge in [0.25, 0.3) is 0 Å². The van der Waals surface area contributed by atoms with Crippen LogP contribution in [-0.2, 0) is 23.8 Å². The predicted molar refractivity (Wildman–Crippen MR) is 139 cm³/mol. The van der Waals surface area contributed by atoms with E-state index in [1.54, 1.807) is 19.2 Å². The average molecular weight is 609 g/mol. The van der Waals surface area contributed by atoms with Crippen molar-refractivity contribution in [3.8, 4) is 0 Å². The van der Waals surface area contributed by atoms with Crippen LogP contribution >= 0.6 is 27.3 Å². The second kappa shape index (κ2) is 11.6. The molecule has 1 aromatic carbocycles. The molecule has 4 atom stereocenters. The van der Waals surface area contributed by atoms with Gasteiger partial charge in [0.15, 0.2) is 10.8 Å². The lowest BCUT2D eigenvalue weighted by molar-refractivity contribution is -0.145. The highest BCUT2D eigenvalue weighted by Gasteiger charge is 2.46. The molecule has 2 fully saturated rings. The number of hydrogen-bond donors (Lipinski definition) is 2. The number of aromatic nitrogens is 1. The fourth-order valence-corrected chi connectivity index (χ4v) is 6.27. The number of fused-ring (bicyclic) bond motifs is 2. The van der Waals surface area contributed by atoms with Gasteiger partial charge in [0, 0.05) is 28.6 Å². The number of carbonyl (C=O) groups excluding carboxylic acids is 1. The van der Waals surface area contributed by atoms with E-state index in [9.17, 15) is 14.0 Å². The number of nitrogens with one attached hydrogen (secondary N) is 1. The van der Waals surface area contributed by atoms with Crippen LogP contribution in [-0.4, -0.2) is 83.9 Å². The minimum absolute atomic E-state index is 0.0344. The highest BCUT2D eigenvalue weighted by atomic mass is 79.9. The van der Waals surface area contributed by atoms with Crippen molar-refractivity contribution >= 4 is 45.0 Å². The van der Waals surface area contributed by atoms with Crippen LogP contribution in [0, 0.1) is 5.82 Å². The molecule has 3 aliphatic heterocycles. The van der Waals surface area contributed by atoms with Crippen molar-refractivity contribution in [1.82, 2.24) is 15.2 Å². The topological polar surface area (TPSA) is 123 Å². The maximum atomic E-state index is 14.0. The third-order valence-corrected chi connectivity index (χ3v) is 8.18. The molecule has 202 valence electrons. The van der Waals surface area contributed by atoms with E-state index in [1.165, 1.54) is 23.5 Å². The third kappa shape index (κ3) is 5.52. The Hall–Kier alpha value is -2.71. The van der Waals surface area contributed by atoms with Gasteiger partial charge in [-0.3, -0.25) is 4.90 Å². The first-order chi connectivity index (χ1) is 18.4. The number of nitrogens with zero attached hydrogens (tertiary/aromatic N) is 3. The minimum Gasteiger partial charge on any atom is -0.480 e. The van der Waals surface area contributed by atoms with Gasteiger partial charge < -0.3 is 24.6 Å². The Bertz CT molecular complexity index is 1270. The second-order valence-electron chi connectivity index (χ2n) is 9.03. The largest absolute Gasteiger partial charge is 0.480 e. The molecule has 0 spiro atoms. The van der Waals surface area contributed by atoms with Gasteiger partial charge in [-0.25, -0.2) is 24.0 Å². The molecular formula is C25H26BrFN4O6S. The smallest absolute Gasteiger partial charge is 0.338 e. The molecule has 5 rings (SSSR count). The van der Waals surface area contributed by atoms with E-state index < -0.39 is 30.4 Å². The first kappa shape index (κ1) is 26.9. The van der Waals surface area contributed by atoms with Crippen molar-refractivity contribution in [3.63, 3.8) is 0 Å². The zero-order chi connectivity index (χ0) is 26.8. The van der Waals surface area contributed by atoms with Crippen molar-refractivity contribution in [2.75, 3.05) is 33.0 Å². The molecule has 2 aromatic rings.